The first kappa shape index (κ1) is 16.6. The SMILES string of the molecule is CSc1cc(-c2ccccc2)nc(-c2ccc(C(F)(F)F)cc2)c1. The third kappa shape index (κ3) is 3.62. The van der Waals surface area contributed by atoms with Crippen LogP contribution in [0.15, 0.2) is 71.6 Å². The molecule has 0 saturated heterocycles. The minimum atomic E-state index is -4.33. The summed E-state index contributed by atoms with van der Waals surface area (Å²) in [6.45, 7) is 0. The minimum absolute atomic E-state index is 0.657. The number of hydrogen-bond acceptors (Lipinski definition) is 2. The Hall–Kier alpha value is -2.27. The zero-order valence-corrected chi connectivity index (χ0v) is 13.7. The Morgan fingerprint density at radius 1 is 0.792 bits per heavy atom. The minimum Gasteiger partial charge on any atom is -0.248 e. The van der Waals surface area contributed by atoms with Crippen molar-refractivity contribution in [2.45, 2.75) is 11.1 Å². The van der Waals surface area contributed by atoms with Crippen molar-refractivity contribution >= 4 is 11.8 Å². The average molecular weight is 345 g/mol. The van der Waals surface area contributed by atoms with Crippen LogP contribution in [-0.2, 0) is 6.18 Å². The zero-order chi connectivity index (χ0) is 17.2. The van der Waals surface area contributed by atoms with Gasteiger partial charge < -0.3 is 0 Å². The van der Waals surface area contributed by atoms with Crippen molar-refractivity contribution in [3.63, 3.8) is 0 Å². The van der Waals surface area contributed by atoms with Gasteiger partial charge in [0.15, 0.2) is 0 Å². The molecule has 0 aliphatic heterocycles. The summed E-state index contributed by atoms with van der Waals surface area (Å²) < 4.78 is 38.1. The number of benzene rings is 2. The van der Waals surface area contributed by atoms with Crippen molar-refractivity contribution in [1.29, 1.82) is 0 Å². The van der Waals surface area contributed by atoms with E-state index in [0.29, 0.717) is 11.3 Å². The quantitative estimate of drug-likeness (QED) is 0.528. The second-order valence-corrected chi connectivity index (χ2v) is 6.10. The standard InChI is InChI=1S/C19H14F3NS/c1-24-16-11-17(13-5-3-2-4-6-13)23-18(12-16)14-7-9-15(10-8-14)19(20,21)22/h2-12H,1H3. The maximum Gasteiger partial charge on any atom is 0.416 e. The van der Waals surface area contributed by atoms with Crippen molar-refractivity contribution in [3.05, 3.63) is 72.3 Å². The number of hydrogen-bond donors (Lipinski definition) is 0. The number of aromatic nitrogens is 1. The number of thioether (sulfide) groups is 1. The molecule has 1 nitrogen and oxygen atoms in total. The number of pyridine rings is 1. The summed E-state index contributed by atoms with van der Waals surface area (Å²) in [5.74, 6) is 0. The van der Waals surface area contributed by atoms with Gasteiger partial charge in [0.2, 0.25) is 0 Å². The van der Waals surface area contributed by atoms with Gasteiger partial charge in [-0.25, -0.2) is 4.98 Å². The van der Waals surface area contributed by atoms with Gasteiger partial charge in [-0.3, -0.25) is 0 Å². The summed E-state index contributed by atoms with van der Waals surface area (Å²) in [7, 11) is 0. The number of alkyl halides is 3. The van der Waals surface area contributed by atoms with E-state index >= 15 is 0 Å². The van der Waals surface area contributed by atoms with Crippen molar-refractivity contribution in [1.82, 2.24) is 4.98 Å². The van der Waals surface area contributed by atoms with E-state index < -0.39 is 11.7 Å². The van der Waals surface area contributed by atoms with Crippen LogP contribution in [-0.4, -0.2) is 11.2 Å². The highest BCUT2D eigenvalue weighted by molar-refractivity contribution is 7.98. The molecule has 0 fully saturated rings. The van der Waals surface area contributed by atoms with Crippen LogP contribution in [0.1, 0.15) is 5.56 Å². The fourth-order valence-electron chi connectivity index (χ4n) is 2.36. The van der Waals surface area contributed by atoms with Gasteiger partial charge in [-0.05, 0) is 30.5 Å². The molecule has 0 bridgehead atoms. The Labute approximate surface area is 142 Å². The first-order valence-electron chi connectivity index (χ1n) is 7.26. The molecule has 122 valence electrons. The van der Waals surface area contributed by atoms with E-state index in [0.717, 1.165) is 28.3 Å². The predicted molar refractivity (Wildman–Crippen MR) is 91.9 cm³/mol. The van der Waals surface area contributed by atoms with Gasteiger partial charge in [0, 0.05) is 16.0 Å². The third-order valence-corrected chi connectivity index (χ3v) is 4.32. The Balaban J connectivity index is 2.05. The van der Waals surface area contributed by atoms with E-state index in [1.165, 1.54) is 12.1 Å². The van der Waals surface area contributed by atoms with E-state index in [9.17, 15) is 13.2 Å². The molecule has 24 heavy (non-hydrogen) atoms. The van der Waals surface area contributed by atoms with Crippen LogP contribution < -0.4 is 0 Å². The van der Waals surface area contributed by atoms with Gasteiger partial charge in [0.05, 0.1) is 17.0 Å². The van der Waals surface area contributed by atoms with Crippen molar-refractivity contribution in [2.24, 2.45) is 0 Å². The average Bonchev–Trinajstić information content (AvgIpc) is 2.61. The van der Waals surface area contributed by atoms with Crippen LogP contribution in [0.3, 0.4) is 0 Å². The highest BCUT2D eigenvalue weighted by Gasteiger charge is 2.30. The molecule has 2 aromatic carbocycles. The van der Waals surface area contributed by atoms with Gasteiger partial charge in [-0.2, -0.15) is 13.2 Å². The normalized spacial score (nSPS) is 11.5. The summed E-state index contributed by atoms with van der Waals surface area (Å²) in [6.07, 6.45) is -2.37. The van der Waals surface area contributed by atoms with Crippen LogP contribution >= 0.6 is 11.8 Å². The molecule has 1 aromatic heterocycles. The topological polar surface area (TPSA) is 12.9 Å². The Kier molecular flexibility index (Phi) is 4.62. The third-order valence-electron chi connectivity index (χ3n) is 3.61. The predicted octanol–water partition coefficient (Wildman–Crippen LogP) is 6.16. The highest BCUT2D eigenvalue weighted by atomic mass is 32.2. The van der Waals surface area contributed by atoms with Crippen LogP contribution in [0.25, 0.3) is 22.5 Å². The van der Waals surface area contributed by atoms with Gasteiger partial charge in [-0.15, -0.1) is 11.8 Å². The largest absolute Gasteiger partial charge is 0.416 e. The molecule has 0 radical (unpaired) electrons. The molecule has 5 heteroatoms. The molecule has 0 N–H and O–H groups in total. The molecule has 0 saturated carbocycles. The molecule has 3 rings (SSSR count). The first-order chi connectivity index (χ1) is 11.5. The monoisotopic (exact) mass is 345 g/mol. The van der Waals surface area contributed by atoms with Gasteiger partial charge in [0.1, 0.15) is 0 Å². The van der Waals surface area contributed by atoms with Crippen molar-refractivity contribution in [2.75, 3.05) is 6.26 Å². The van der Waals surface area contributed by atoms with Gasteiger partial charge >= 0.3 is 6.18 Å². The maximum atomic E-state index is 12.7. The lowest BCUT2D eigenvalue weighted by molar-refractivity contribution is -0.137. The maximum absolute atomic E-state index is 12.7. The lowest BCUT2D eigenvalue weighted by Gasteiger charge is -2.10. The van der Waals surface area contributed by atoms with E-state index in [1.807, 2.05) is 48.7 Å². The van der Waals surface area contributed by atoms with Crippen LogP contribution in [0.4, 0.5) is 13.2 Å². The van der Waals surface area contributed by atoms with E-state index in [2.05, 4.69) is 4.98 Å². The highest BCUT2D eigenvalue weighted by Crippen LogP contribution is 2.32. The molecule has 0 amide bonds. The van der Waals surface area contributed by atoms with Crippen molar-refractivity contribution in [3.8, 4) is 22.5 Å². The molecular weight excluding hydrogens is 331 g/mol. The summed E-state index contributed by atoms with van der Waals surface area (Å²) in [4.78, 5) is 5.63. The van der Waals surface area contributed by atoms with E-state index in [-0.39, 0.29) is 0 Å². The van der Waals surface area contributed by atoms with Gasteiger partial charge in [0.25, 0.3) is 0 Å². The van der Waals surface area contributed by atoms with E-state index in [1.54, 1.807) is 11.8 Å². The molecule has 0 aliphatic rings. The molecule has 1 heterocycles. The van der Waals surface area contributed by atoms with Gasteiger partial charge in [-0.1, -0.05) is 42.5 Å². The molecule has 0 atom stereocenters. The fourth-order valence-corrected chi connectivity index (χ4v) is 2.82. The van der Waals surface area contributed by atoms with E-state index in [4.69, 9.17) is 0 Å². The smallest absolute Gasteiger partial charge is 0.248 e. The second-order valence-electron chi connectivity index (χ2n) is 5.22. The summed E-state index contributed by atoms with van der Waals surface area (Å²) >= 11 is 1.57. The molecule has 0 unspecified atom stereocenters. The molecule has 3 aromatic rings. The molecular formula is C19H14F3NS. The van der Waals surface area contributed by atoms with Crippen LogP contribution in [0.2, 0.25) is 0 Å². The second kappa shape index (κ2) is 6.69. The lowest BCUT2D eigenvalue weighted by Crippen LogP contribution is -2.04. The van der Waals surface area contributed by atoms with Crippen LogP contribution in [0, 0.1) is 0 Å². The molecule has 0 aliphatic carbocycles. The first-order valence-corrected chi connectivity index (χ1v) is 8.49. The summed E-state index contributed by atoms with van der Waals surface area (Å²) in [5, 5.41) is 0. The number of nitrogens with zero attached hydrogens (tertiary/aromatic N) is 1. The summed E-state index contributed by atoms with van der Waals surface area (Å²) in [5.41, 5.74) is 2.44. The lowest BCUT2D eigenvalue weighted by atomic mass is 10.1. The Morgan fingerprint density at radius 2 is 1.33 bits per heavy atom. The zero-order valence-electron chi connectivity index (χ0n) is 12.8. The van der Waals surface area contributed by atoms with Crippen molar-refractivity contribution < 1.29 is 13.2 Å². The number of rotatable bonds is 3. The summed E-state index contributed by atoms with van der Waals surface area (Å²) in [6, 6.07) is 18.7. The molecule has 0 spiro atoms. The Morgan fingerprint density at radius 3 is 1.83 bits per heavy atom. The fraction of sp³-hybridized carbons (Fsp3) is 0.105. The number of halogens is 3. The Bertz CT molecular complexity index is 827. The van der Waals surface area contributed by atoms with Crippen LogP contribution in [0.5, 0.6) is 0 Å².